The van der Waals surface area contributed by atoms with E-state index in [9.17, 15) is 13.2 Å². The maximum atomic E-state index is 12.0. The van der Waals surface area contributed by atoms with Crippen molar-refractivity contribution in [2.45, 2.75) is 25.7 Å². The van der Waals surface area contributed by atoms with Crippen molar-refractivity contribution < 1.29 is 17.9 Å². The average Bonchev–Trinajstić information content (AvgIpc) is 2.73. The Morgan fingerprint density at radius 1 is 1.09 bits per heavy atom. The summed E-state index contributed by atoms with van der Waals surface area (Å²) in [5, 5.41) is 0.885. The zero-order valence-corrected chi connectivity index (χ0v) is 22.2. The van der Waals surface area contributed by atoms with E-state index in [0.29, 0.717) is 34.7 Å². The molecule has 0 aliphatic carbocycles. The van der Waals surface area contributed by atoms with Gasteiger partial charge in [0.15, 0.2) is 11.5 Å². The van der Waals surface area contributed by atoms with Crippen LogP contribution in [0.4, 0.5) is 5.69 Å². The number of carbonyl (C=O) groups excluding carboxylic acids is 1. The van der Waals surface area contributed by atoms with Crippen molar-refractivity contribution in [3.8, 4) is 5.75 Å². The minimum Gasteiger partial charge on any atom is -0.490 e. The van der Waals surface area contributed by atoms with Crippen LogP contribution in [-0.4, -0.2) is 53.1 Å². The quantitative estimate of drug-likeness (QED) is 0.310. The maximum Gasteiger partial charge on any atom is 0.209 e. The van der Waals surface area contributed by atoms with E-state index in [4.69, 9.17) is 39.5 Å². The van der Waals surface area contributed by atoms with Gasteiger partial charge in [0.1, 0.15) is 0 Å². The third kappa shape index (κ3) is 8.04. The Labute approximate surface area is 211 Å². The number of ether oxygens (including phenoxy) is 1. The number of sulfonamides is 1. The second kappa shape index (κ2) is 11.8. The van der Waals surface area contributed by atoms with Gasteiger partial charge >= 0.3 is 0 Å². The predicted molar refractivity (Wildman–Crippen MR) is 137 cm³/mol. The highest BCUT2D eigenvalue weighted by molar-refractivity contribution is 7.88. The molecular weight excluding hydrogens is 507 g/mol. The van der Waals surface area contributed by atoms with Crippen LogP contribution in [0.1, 0.15) is 31.4 Å². The van der Waals surface area contributed by atoms with Crippen LogP contribution >= 0.6 is 34.8 Å². The second-order valence-corrected chi connectivity index (χ2v) is 11.3. The minimum atomic E-state index is -3.40. The van der Waals surface area contributed by atoms with E-state index < -0.39 is 15.4 Å². The van der Waals surface area contributed by atoms with E-state index in [-0.39, 0.29) is 18.9 Å². The van der Waals surface area contributed by atoms with Gasteiger partial charge in [-0.05, 0) is 41.8 Å². The molecule has 0 aliphatic heterocycles. The van der Waals surface area contributed by atoms with Crippen molar-refractivity contribution in [1.29, 1.82) is 0 Å². The Morgan fingerprint density at radius 2 is 1.67 bits per heavy atom. The molecule has 10 heteroatoms. The van der Waals surface area contributed by atoms with Crippen LogP contribution in [-0.2, 0) is 20.2 Å². The normalized spacial score (nSPS) is 12.0. The molecule has 0 unspecified atom stereocenters. The molecule has 0 aromatic heterocycles. The van der Waals surface area contributed by atoms with Crippen molar-refractivity contribution in [2.24, 2.45) is 0 Å². The van der Waals surface area contributed by atoms with Gasteiger partial charge in [0.25, 0.3) is 0 Å². The lowest BCUT2D eigenvalue weighted by molar-refractivity contribution is -0.116. The molecule has 0 aliphatic rings. The number of nitrogens with zero attached hydrogens (tertiary/aromatic N) is 1. The van der Waals surface area contributed by atoms with Crippen molar-refractivity contribution in [3.05, 3.63) is 57.6 Å². The van der Waals surface area contributed by atoms with Crippen molar-refractivity contribution in [1.82, 2.24) is 4.72 Å². The van der Waals surface area contributed by atoms with Gasteiger partial charge in [-0.3, -0.25) is 4.79 Å². The molecule has 2 rings (SSSR count). The van der Waals surface area contributed by atoms with E-state index in [1.54, 1.807) is 11.9 Å². The van der Waals surface area contributed by atoms with Crippen LogP contribution in [0.5, 0.6) is 5.75 Å². The number of ketones is 1. The number of hydrogen-bond acceptors (Lipinski definition) is 5. The van der Waals surface area contributed by atoms with Gasteiger partial charge in [0, 0.05) is 24.0 Å². The van der Waals surface area contributed by atoms with Gasteiger partial charge in [-0.25, -0.2) is 13.1 Å². The first-order valence-electron chi connectivity index (χ1n) is 10.3. The van der Waals surface area contributed by atoms with Crippen LogP contribution in [0.25, 0.3) is 0 Å². The summed E-state index contributed by atoms with van der Waals surface area (Å²) in [7, 11) is -1.63. The zero-order chi connectivity index (χ0) is 24.8. The summed E-state index contributed by atoms with van der Waals surface area (Å²) in [6.07, 6.45) is 1.72. The molecule has 182 valence electrons. The Kier molecular flexibility index (Phi) is 9.88. The first kappa shape index (κ1) is 27.7. The van der Waals surface area contributed by atoms with Crippen molar-refractivity contribution in [3.63, 3.8) is 0 Å². The highest BCUT2D eigenvalue weighted by atomic mass is 35.5. The molecule has 0 fully saturated rings. The molecule has 0 radical (unpaired) electrons. The second-order valence-electron chi connectivity index (χ2n) is 8.32. The third-order valence-corrected chi connectivity index (χ3v) is 6.72. The number of halogens is 3. The largest absolute Gasteiger partial charge is 0.490 e. The summed E-state index contributed by atoms with van der Waals surface area (Å²) in [6.45, 7) is 4.43. The molecule has 0 heterocycles. The Morgan fingerprint density at radius 3 is 2.18 bits per heavy atom. The molecule has 0 spiro atoms. The number of likely N-dealkylation sites (N-methyl/N-ethyl adjacent to an activating group) is 1. The van der Waals surface area contributed by atoms with Crippen LogP contribution in [0.3, 0.4) is 0 Å². The van der Waals surface area contributed by atoms with Crippen LogP contribution in [0, 0.1) is 0 Å². The topological polar surface area (TPSA) is 75.7 Å². The fourth-order valence-corrected chi connectivity index (χ4v) is 4.34. The standard InChI is InChI=1S/C23H29Cl3N2O4S/c1-23(2,17-12-20(25)22(21(26)13-17)32-11-5-10-24)16-6-8-18(9-7-16)28(3)15-19(29)14-27-33(4,30)31/h6-9,12-13,27H,5,10-11,14-15H2,1-4H3. The summed E-state index contributed by atoms with van der Waals surface area (Å²) < 4.78 is 30.2. The van der Waals surface area contributed by atoms with E-state index in [2.05, 4.69) is 18.6 Å². The van der Waals surface area contributed by atoms with E-state index >= 15 is 0 Å². The molecule has 0 atom stereocenters. The lowest BCUT2D eigenvalue weighted by Gasteiger charge is -2.28. The predicted octanol–water partition coefficient (Wildman–Crippen LogP) is 4.88. The maximum absolute atomic E-state index is 12.0. The number of anilines is 1. The fourth-order valence-electron chi connectivity index (χ4n) is 3.21. The number of alkyl halides is 1. The fraction of sp³-hybridized carbons (Fsp3) is 0.435. The molecule has 0 amide bonds. The molecule has 0 bridgehead atoms. The summed E-state index contributed by atoms with van der Waals surface area (Å²) in [5.74, 6) is 0.719. The molecular formula is C23H29Cl3N2O4S. The zero-order valence-electron chi connectivity index (χ0n) is 19.1. The molecule has 1 N–H and O–H groups in total. The Balaban J connectivity index is 2.15. The first-order chi connectivity index (χ1) is 15.3. The molecule has 0 saturated carbocycles. The number of carbonyl (C=O) groups is 1. The summed E-state index contributed by atoms with van der Waals surface area (Å²) >= 11 is 18.6. The molecule has 33 heavy (non-hydrogen) atoms. The monoisotopic (exact) mass is 534 g/mol. The smallest absolute Gasteiger partial charge is 0.209 e. The van der Waals surface area contributed by atoms with Gasteiger partial charge in [-0.15, -0.1) is 11.6 Å². The average molecular weight is 536 g/mol. The Bertz CT molecular complexity index is 1050. The first-order valence-corrected chi connectivity index (χ1v) is 13.5. The number of rotatable bonds is 12. The Hall–Kier alpha value is -1.51. The molecule has 6 nitrogen and oxygen atoms in total. The van der Waals surface area contributed by atoms with Gasteiger partial charge < -0.3 is 9.64 Å². The summed E-state index contributed by atoms with van der Waals surface area (Å²) in [5.41, 5.74) is 2.41. The van der Waals surface area contributed by atoms with Crippen LogP contribution < -0.4 is 14.4 Å². The van der Waals surface area contributed by atoms with Gasteiger partial charge in [0.2, 0.25) is 10.0 Å². The third-order valence-electron chi connectivity index (χ3n) is 5.22. The lowest BCUT2D eigenvalue weighted by Crippen LogP contribution is -2.35. The van der Waals surface area contributed by atoms with Crippen molar-refractivity contribution >= 4 is 56.3 Å². The lowest BCUT2D eigenvalue weighted by atomic mass is 9.78. The van der Waals surface area contributed by atoms with Crippen LogP contribution in [0.2, 0.25) is 10.0 Å². The van der Waals surface area contributed by atoms with Crippen molar-refractivity contribution in [2.75, 3.05) is 43.8 Å². The number of benzene rings is 2. The van der Waals surface area contributed by atoms with E-state index in [1.165, 1.54) is 0 Å². The highest BCUT2D eigenvalue weighted by Crippen LogP contribution is 2.40. The summed E-state index contributed by atoms with van der Waals surface area (Å²) in [4.78, 5) is 13.8. The van der Waals surface area contributed by atoms with Gasteiger partial charge in [-0.2, -0.15) is 0 Å². The highest BCUT2D eigenvalue weighted by Gasteiger charge is 2.26. The SMILES string of the molecule is CN(CC(=O)CNS(C)(=O)=O)c1ccc(C(C)(C)c2cc(Cl)c(OCCCCl)c(Cl)c2)cc1. The molecule has 0 saturated heterocycles. The minimum absolute atomic E-state index is 0.0850. The van der Waals surface area contributed by atoms with E-state index in [1.807, 2.05) is 36.4 Å². The molecule has 2 aromatic rings. The van der Waals surface area contributed by atoms with E-state index in [0.717, 1.165) is 23.1 Å². The van der Waals surface area contributed by atoms with Gasteiger partial charge in [0.05, 0.1) is 36.0 Å². The molecule has 2 aromatic carbocycles. The number of Topliss-reactive ketones (excluding diaryl/α,β-unsaturated/α-hetero) is 1. The van der Waals surface area contributed by atoms with Crippen LogP contribution in [0.15, 0.2) is 36.4 Å². The number of nitrogens with one attached hydrogen (secondary N) is 1. The summed E-state index contributed by atoms with van der Waals surface area (Å²) in [6, 6.07) is 11.5. The van der Waals surface area contributed by atoms with Gasteiger partial charge in [-0.1, -0.05) is 49.2 Å². The number of hydrogen-bond donors (Lipinski definition) is 1.